The Kier molecular flexibility index (Phi) is 4.85. The Morgan fingerprint density at radius 1 is 1.04 bits per heavy atom. The van der Waals surface area contributed by atoms with E-state index in [1.165, 1.54) is 0 Å². The number of benzene rings is 2. The van der Waals surface area contributed by atoms with Crippen molar-refractivity contribution in [3.8, 4) is 34.1 Å². The van der Waals surface area contributed by atoms with Gasteiger partial charge in [-0.3, -0.25) is 0 Å². The molecule has 0 amide bonds. The Bertz CT molecular complexity index is 1060. The number of aromatic amines is 1. The maximum absolute atomic E-state index is 5.60. The molecule has 0 bridgehead atoms. The molecule has 2 aromatic heterocycles. The van der Waals surface area contributed by atoms with Crippen molar-refractivity contribution < 1.29 is 9.47 Å². The van der Waals surface area contributed by atoms with Crippen LogP contribution in [0.25, 0.3) is 22.6 Å². The zero-order valence-electron chi connectivity index (χ0n) is 16.1. The highest BCUT2D eigenvalue weighted by molar-refractivity contribution is 5.76. The number of hydrogen-bond donors (Lipinski definition) is 1. The van der Waals surface area contributed by atoms with Crippen molar-refractivity contribution in [1.82, 2.24) is 19.5 Å². The Morgan fingerprint density at radius 2 is 1.86 bits per heavy atom. The van der Waals surface area contributed by atoms with E-state index in [1.807, 2.05) is 48.9 Å². The number of nitrogens with one attached hydrogen (secondary N) is 1. The number of imidazole rings is 2. The topological polar surface area (TPSA) is 65.0 Å². The molecule has 0 aliphatic carbocycles. The van der Waals surface area contributed by atoms with Crippen LogP contribution in [0.15, 0.2) is 67.4 Å². The normalized spacial score (nSPS) is 12.0. The summed E-state index contributed by atoms with van der Waals surface area (Å²) in [7, 11) is 3.34. The summed E-state index contributed by atoms with van der Waals surface area (Å²) < 4.78 is 13.2. The number of ether oxygens (including phenoxy) is 2. The fourth-order valence-electron chi connectivity index (χ4n) is 3.43. The predicted molar refractivity (Wildman–Crippen MR) is 109 cm³/mol. The average Bonchev–Trinajstić information content (AvgIpc) is 3.42. The van der Waals surface area contributed by atoms with Gasteiger partial charge in [0.1, 0.15) is 11.5 Å². The lowest BCUT2D eigenvalue weighted by molar-refractivity contribution is 0.393. The van der Waals surface area contributed by atoms with E-state index in [0.29, 0.717) is 0 Å². The average molecular weight is 374 g/mol. The van der Waals surface area contributed by atoms with Gasteiger partial charge in [-0.2, -0.15) is 0 Å². The van der Waals surface area contributed by atoms with Crippen molar-refractivity contribution in [3.05, 3.63) is 72.9 Å². The van der Waals surface area contributed by atoms with Gasteiger partial charge in [-0.05, 0) is 25.1 Å². The monoisotopic (exact) mass is 374 g/mol. The van der Waals surface area contributed by atoms with E-state index in [-0.39, 0.29) is 6.04 Å². The van der Waals surface area contributed by atoms with E-state index < -0.39 is 0 Å². The molecule has 4 rings (SSSR count). The highest BCUT2D eigenvalue weighted by atomic mass is 16.5. The van der Waals surface area contributed by atoms with Crippen LogP contribution in [0.1, 0.15) is 18.5 Å². The maximum Gasteiger partial charge on any atom is 0.124 e. The van der Waals surface area contributed by atoms with Crippen LogP contribution >= 0.6 is 0 Å². The minimum atomic E-state index is -0.0340. The van der Waals surface area contributed by atoms with Gasteiger partial charge in [-0.1, -0.05) is 30.3 Å². The molecule has 0 aliphatic rings. The van der Waals surface area contributed by atoms with Crippen LogP contribution in [0.5, 0.6) is 11.5 Å². The first-order valence-corrected chi connectivity index (χ1v) is 9.06. The molecule has 2 aromatic carbocycles. The zero-order valence-corrected chi connectivity index (χ0v) is 16.1. The Balaban J connectivity index is 1.88. The maximum atomic E-state index is 5.60. The molecular weight excluding hydrogens is 352 g/mol. The molecular formula is C22H22N4O2. The van der Waals surface area contributed by atoms with Crippen LogP contribution in [0, 0.1) is 0 Å². The van der Waals surface area contributed by atoms with E-state index in [0.717, 1.165) is 39.7 Å². The van der Waals surface area contributed by atoms with Gasteiger partial charge in [-0.15, -0.1) is 0 Å². The molecule has 1 N–H and O–H groups in total. The van der Waals surface area contributed by atoms with E-state index in [2.05, 4.69) is 33.6 Å². The van der Waals surface area contributed by atoms with E-state index in [1.54, 1.807) is 20.5 Å². The Labute approximate surface area is 163 Å². The summed E-state index contributed by atoms with van der Waals surface area (Å²) in [4.78, 5) is 12.2. The van der Waals surface area contributed by atoms with Gasteiger partial charge in [0.2, 0.25) is 0 Å². The lowest BCUT2D eigenvalue weighted by Crippen LogP contribution is -2.09. The molecule has 0 radical (unpaired) electrons. The fraction of sp³-hybridized carbons (Fsp3) is 0.182. The zero-order chi connectivity index (χ0) is 19.5. The summed E-state index contributed by atoms with van der Waals surface area (Å²) in [5.41, 5.74) is 4.85. The molecule has 0 saturated heterocycles. The van der Waals surface area contributed by atoms with Gasteiger partial charge in [-0.25, -0.2) is 9.97 Å². The van der Waals surface area contributed by atoms with Gasteiger partial charge in [0, 0.05) is 11.1 Å². The third-order valence-electron chi connectivity index (χ3n) is 4.90. The second kappa shape index (κ2) is 7.60. The summed E-state index contributed by atoms with van der Waals surface area (Å²) in [5, 5.41) is 0. The molecule has 28 heavy (non-hydrogen) atoms. The molecule has 0 aliphatic heterocycles. The third kappa shape index (κ3) is 3.13. The summed E-state index contributed by atoms with van der Waals surface area (Å²) in [6.07, 6.45) is 5.36. The van der Waals surface area contributed by atoms with Crippen molar-refractivity contribution in [2.75, 3.05) is 14.2 Å². The standard InChI is InChI=1S/C22H22N4O2/c1-15(18-11-17(27-2)9-10-20(18)28-3)26-14-25-21(16-7-5-4-6-8-16)22(26)19-12-23-13-24-19/h4-15H,1-3H3,(H,23,24)/t15-/m1/s1. The number of rotatable bonds is 6. The Hall–Kier alpha value is -3.54. The first-order valence-electron chi connectivity index (χ1n) is 9.06. The van der Waals surface area contributed by atoms with Crippen molar-refractivity contribution in [3.63, 3.8) is 0 Å². The van der Waals surface area contributed by atoms with Gasteiger partial charge in [0.15, 0.2) is 0 Å². The van der Waals surface area contributed by atoms with E-state index >= 15 is 0 Å². The molecule has 6 heteroatoms. The van der Waals surface area contributed by atoms with Gasteiger partial charge >= 0.3 is 0 Å². The van der Waals surface area contributed by atoms with Crippen molar-refractivity contribution in [2.45, 2.75) is 13.0 Å². The van der Waals surface area contributed by atoms with Gasteiger partial charge < -0.3 is 19.0 Å². The van der Waals surface area contributed by atoms with Crippen molar-refractivity contribution >= 4 is 0 Å². The highest BCUT2D eigenvalue weighted by Crippen LogP contribution is 2.37. The molecule has 142 valence electrons. The molecule has 0 spiro atoms. The SMILES string of the molecule is COc1ccc(OC)c([C@@H](C)n2cnc(-c3ccccc3)c2-c2cnc[nH]2)c1. The molecule has 1 atom stereocenters. The first kappa shape index (κ1) is 17.9. The quantitative estimate of drug-likeness (QED) is 0.537. The summed E-state index contributed by atoms with van der Waals surface area (Å²) >= 11 is 0. The first-order chi connectivity index (χ1) is 13.7. The smallest absolute Gasteiger partial charge is 0.124 e. The molecule has 2 heterocycles. The van der Waals surface area contributed by atoms with Crippen LogP contribution in [0.3, 0.4) is 0 Å². The molecule has 0 saturated carbocycles. The van der Waals surface area contributed by atoms with Crippen molar-refractivity contribution in [1.29, 1.82) is 0 Å². The second-order valence-corrected chi connectivity index (χ2v) is 6.46. The summed E-state index contributed by atoms with van der Waals surface area (Å²) in [6, 6.07) is 15.9. The summed E-state index contributed by atoms with van der Waals surface area (Å²) in [5.74, 6) is 1.59. The van der Waals surface area contributed by atoms with E-state index in [9.17, 15) is 0 Å². The van der Waals surface area contributed by atoms with Crippen LogP contribution in [0.4, 0.5) is 0 Å². The minimum Gasteiger partial charge on any atom is -0.497 e. The number of aromatic nitrogens is 4. The van der Waals surface area contributed by atoms with Crippen molar-refractivity contribution in [2.24, 2.45) is 0 Å². The largest absolute Gasteiger partial charge is 0.497 e. The second-order valence-electron chi connectivity index (χ2n) is 6.46. The minimum absolute atomic E-state index is 0.0340. The molecule has 4 aromatic rings. The van der Waals surface area contributed by atoms with Crippen LogP contribution < -0.4 is 9.47 Å². The summed E-state index contributed by atoms with van der Waals surface area (Å²) in [6.45, 7) is 2.12. The predicted octanol–water partition coefficient (Wildman–Crippen LogP) is 4.57. The number of methoxy groups -OCH3 is 2. The molecule has 0 unspecified atom stereocenters. The fourth-order valence-corrected chi connectivity index (χ4v) is 3.43. The third-order valence-corrected chi connectivity index (χ3v) is 4.90. The molecule has 0 fully saturated rings. The van der Waals surface area contributed by atoms with Gasteiger partial charge in [0.25, 0.3) is 0 Å². The van der Waals surface area contributed by atoms with E-state index in [4.69, 9.17) is 14.5 Å². The lowest BCUT2D eigenvalue weighted by atomic mass is 10.0. The van der Waals surface area contributed by atoms with Crippen LogP contribution in [-0.2, 0) is 0 Å². The van der Waals surface area contributed by atoms with Crippen LogP contribution in [0.2, 0.25) is 0 Å². The lowest BCUT2D eigenvalue weighted by Gasteiger charge is -2.20. The Morgan fingerprint density at radius 3 is 2.54 bits per heavy atom. The molecule has 6 nitrogen and oxygen atoms in total. The van der Waals surface area contributed by atoms with Crippen LogP contribution in [-0.4, -0.2) is 33.7 Å². The van der Waals surface area contributed by atoms with Gasteiger partial charge in [0.05, 0.1) is 56.2 Å². The number of hydrogen-bond acceptors (Lipinski definition) is 4. The number of H-pyrrole nitrogens is 1. The number of nitrogens with zero attached hydrogens (tertiary/aromatic N) is 3. The highest BCUT2D eigenvalue weighted by Gasteiger charge is 2.22.